The Morgan fingerprint density at radius 1 is 1.12 bits per heavy atom. The van der Waals surface area contributed by atoms with Gasteiger partial charge in [-0.05, 0) is 41.7 Å². The fourth-order valence-electron chi connectivity index (χ4n) is 3.66. The van der Waals surface area contributed by atoms with Crippen LogP contribution in [0.5, 0.6) is 0 Å². The van der Waals surface area contributed by atoms with E-state index in [1.807, 2.05) is 37.3 Å². The Kier molecular flexibility index (Phi) is 8.24. The van der Waals surface area contributed by atoms with Crippen LogP contribution in [0.1, 0.15) is 24.5 Å². The van der Waals surface area contributed by atoms with Crippen molar-refractivity contribution in [1.29, 1.82) is 0 Å². The highest BCUT2D eigenvalue weighted by Crippen LogP contribution is 2.24. The van der Waals surface area contributed by atoms with Gasteiger partial charge in [-0.1, -0.05) is 56.0 Å². The van der Waals surface area contributed by atoms with E-state index < -0.39 is 16.1 Å². The average molecular weight is 472 g/mol. The molecule has 0 spiro atoms. The van der Waals surface area contributed by atoms with E-state index in [4.69, 9.17) is 4.74 Å². The zero-order valence-electron chi connectivity index (χ0n) is 18.6. The number of amides is 2. The van der Waals surface area contributed by atoms with Gasteiger partial charge in [-0.15, -0.1) is 0 Å². The van der Waals surface area contributed by atoms with E-state index in [2.05, 4.69) is 17.2 Å². The molecule has 0 aromatic heterocycles. The molecule has 1 aliphatic rings. The Morgan fingerprint density at radius 2 is 1.82 bits per heavy atom. The van der Waals surface area contributed by atoms with E-state index in [1.54, 1.807) is 12.1 Å². The largest absolute Gasteiger partial charge is 0.445 e. The number of piperidine rings is 1. The molecule has 0 aliphatic carbocycles. The smallest absolute Gasteiger partial charge is 0.407 e. The van der Waals surface area contributed by atoms with Crippen LogP contribution >= 0.6 is 0 Å². The Balaban J connectivity index is 1.52. The molecule has 1 saturated heterocycles. The van der Waals surface area contributed by atoms with Gasteiger partial charge in [0.05, 0.1) is 4.90 Å². The number of nitrogens with one attached hydrogen (secondary N) is 2. The van der Waals surface area contributed by atoms with Crippen LogP contribution in [0.4, 0.5) is 4.79 Å². The number of nitrogens with zero attached hydrogens (tertiary/aromatic N) is 1. The minimum Gasteiger partial charge on any atom is -0.445 e. The number of carbonyl (C=O) groups excluding carboxylic acids is 2. The van der Waals surface area contributed by atoms with Crippen LogP contribution in [-0.4, -0.2) is 43.9 Å². The summed E-state index contributed by atoms with van der Waals surface area (Å²) in [5.74, 6) is -0.279. The monoisotopic (exact) mass is 471 g/mol. The van der Waals surface area contributed by atoms with E-state index in [0.717, 1.165) is 11.1 Å². The summed E-state index contributed by atoms with van der Waals surface area (Å²) in [5, 5.41) is 5.51. The van der Waals surface area contributed by atoms with Crippen LogP contribution in [0.2, 0.25) is 0 Å². The second-order valence-electron chi connectivity index (χ2n) is 8.01. The predicted molar refractivity (Wildman–Crippen MR) is 125 cm³/mol. The predicted octanol–water partition coefficient (Wildman–Crippen LogP) is 2.81. The quantitative estimate of drug-likeness (QED) is 0.576. The van der Waals surface area contributed by atoms with Gasteiger partial charge < -0.3 is 15.4 Å². The molecule has 1 fully saturated rings. The Morgan fingerprint density at radius 3 is 2.45 bits per heavy atom. The number of alkyl carbamates (subject to hydrolysis) is 1. The summed E-state index contributed by atoms with van der Waals surface area (Å²) in [6, 6.07) is 15.7. The molecule has 2 amide bonds. The van der Waals surface area contributed by atoms with Crippen molar-refractivity contribution < 1.29 is 22.7 Å². The molecule has 0 saturated carbocycles. The van der Waals surface area contributed by atoms with Gasteiger partial charge in [-0.3, -0.25) is 4.79 Å². The van der Waals surface area contributed by atoms with Gasteiger partial charge >= 0.3 is 6.09 Å². The molecular formula is C24H29N3O5S. The third-order valence-corrected chi connectivity index (χ3v) is 7.47. The van der Waals surface area contributed by atoms with Gasteiger partial charge in [-0.25, -0.2) is 13.2 Å². The molecule has 2 aromatic rings. The van der Waals surface area contributed by atoms with Gasteiger partial charge in [0.2, 0.25) is 15.9 Å². The standard InChI is InChI=1S/C24H29N3O5S/c1-3-23(28)26-22-13-14-27(16-18(22)2)33(30,31)21-11-9-19(10-12-21)15-25-24(29)32-17-20-7-5-4-6-8-20/h3-12,18,22H,1,13-17H2,2H3,(H,25,29)(H,26,28). The maximum Gasteiger partial charge on any atom is 0.407 e. The molecule has 1 aliphatic heterocycles. The summed E-state index contributed by atoms with van der Waals surface area (Å²) in [6.45, 7) is 6.41. The molecule has 2 N–H and O–H groups in total. The highest BCUT2D eigenvalue weighted by Gasteiger charge is 2.33. The van der Waals surface area contributed by atoms with E-state index >= 15 is 0 Å². The van der Waals surface area contributed by atoms with Crippen LogP contribution in [0.3, 0.4) is 0 Å². The fraction of sp³-hybridized carbons (Fsp3) is 0.333. The first-order chi connectivity index (χ1) is 15.8. The molecule has 8 nitrogen and oxygen atoms in total. The molecule has 1 heterocycles. The number of sulfonamides is 1. The van der Waals surface area contributed by atoms with Crippen molar-refractivity contribution in [3.8, 4) is 0 Å². The lowest BCUT2D eigenvalue weighted by atomic mass is 9.95. The van der Waals surface area contributed by atoms with Crippen molar-refractivity contribution in [3.05, 3.63) is 78.4 Å². The van der Waals surface area contributed by atoms with Gasteiger partial charge in [0.25, 0.3) is 0 Å². The van der Waals surface area contributed by atoms with Crippen LogP contribution < -0.4 is 10.6 Å². The first-order valence-electron chi connectivity index (χ1n) is 10.8. The Hall–Kier alpha value is -3.17. The lowest BCUT2D eigenvalue weighted by molar-refractivity contribution is -0.117. The lowest BCUT2D eigenvalue weighted by Gasteiger charge is -2.36. The van der Waals surface area contributed by atoms with Crippen LogP contribution in [0.15, 0.2) is 72.1 Å². The second kappa shape index (κ2) is 11.1. The fourth-order valence-corrected chi connectivity index (χ4v) is 5.21. The maximum absolute atomic E-state index is 13.0. The van der Waals surface area contributed by atoms with Crippen molar-refractivity contribution in [1.82, 2.24) is 14.9 Å². The SMILES string of the molecule is C=CC(=O)NC1CCN(S(=O)(=O)c2ccc(CNC(=O)OCc3ccccc3)cc2)CC1C. The molecule has 2 atom stereocenters. The van der Waals surface area contributed by atoms with Crippen molar-refractivity contribution >= 4 is 22.0 Å². The minimum atomic E-state index is -3.65. The molecule has 33 heavy (non-hydrogen) atoms. The van der Waals surface area contributed by atoms with Gasteiger partial charge in [0.15, 0.2) is 0 Å². The summed E-state index contributed by atoms with van der Waals surface area (Å²) < 4.78 is 32.7. The molecule has 176 valence electrons. The maximum atomic E-state index is 13.0. The highest BCUT2D eigenvalue weighted by atomic mass is 32.2. The normalized spacial score (nSPS) is 18.8. The first kappa shape index (κ1) is 24.5. The third-order valence-electron chi connectivity index (χ3n) is 5.59. The van der Waals surface area contributed by atoms with Gasteiger partial charge in [-0.2, -0.15) is 4.31 Å². The summed E-state index contributed by atoms with van der Waals surface area (Å²) in [4.78, 5) is 23.7. The number of carbonyl (C=O) groups is 2. The van der Waals surface area contributed by atoms with E-state index in [1.165, 1.54) is 22.5 Å². The Labute approximate surface area is 194 Å². The van der Waals surface area contributed by atoms with Crippen molar-refractivity contribution in [2.75, 3.05) is 13.1 Å². The number of benzene rings is 2. The molecule has 0 bridgehead atoms. The van der Waals surface area contributed by atoms with Crippen LogP contribution in [0.25, 0.3) is 0 Å². The average Bonchev–Trinajstić information content (AvgIpc) is 2.83. The first-order valence-corrected chi connectivity index (χ1v) is 12.2. The highest BCUT2D eigenvalue weighted by molar-refractivity contribution is 7.89. The molecule has 9 heteroatoms. The number of rotatable bonds is 8. The van der Waals surface area contributed by atoms with E-state index in [0.29, 0.717) is 19.5 Å². The van der Waals surface area contributed by atoms with Gasteiger partial charge in [0, 0.05) is 25.7 Å². The van der Waals surface area contributed by atoms with E-state index in [9.17, 15) is 18.0 Å². The topological polar surface area (TPSA) is 105 Å². The van der Waals surface area contributed by atoms with Crippen LogP contribution in [-0.2, 0) is 32.7 Å². The zero-order chi connectivity index (χ0) is 23.8. The number of ether oxygens (including phenoxy) is 1. The van der Waals surface area contributed by atoms with Crippen molar-refractivity contribution in [3.63, 3.8) is 0 Å². The number of hydrogen-bond acceptors (Lipinski definition) is 5. The Bertz CT molecular complexity index is 1070. The van der Waals surface area contributed by atoms with E-state index in [-0.39, 0.29) is 35.9 Å². The van der Waals surface area contributed by atoms with Crippen molar-refractivity contribution in [2.45, 2.75) is 37.4 Å². The summed E-state index contributed by atoms with van der Waals surface area (Å²) in [7, 11) is -3.65. The molecular weight excluding hydrogens is 442 g/mol. The lowest BCUT2D eigenvalue weighted by Crippen LogP contribution is -2.51. The second-order valence-corrected chi connectivity index (χ2v) is 9.95. The molecule has 2 aromatic carbocycles. The zero-order valence-corrected chi connectivity index (χ0v) is 19.4. The molecule has 0 radical (unpaired) electrons. The summed E-state index contributed by atoms with van der Waals surface area (Å²) in [6.07, 6.45) is 1.21. The minimum absolute atomic E-state index is 0.0252. The van der Waals surface area contributed by atoms with Gasteiger partial charge in [0.1, 0.15) is 6.61 Å². The summed E-state index contributed by atoms with van der Waals surface area (Å²) in [5.41, 5.74) is 1.65. The van der Waals surface area contributed by atoms with Crippen molar-refractivity contribution in [2.24, 2.45) is 5.92 Å². The van der Waals surface area contributed by atoms with Crippen LogP contribution in [0, 0.1) is 5.92 Å². The third kappa shape index (κ3) is 6.66. The molecule has 3 rings (SSSR count). The summed E-state index contributed by atoms with van der Waals surface area (Å²) >= 11 is 0. The molecule has 2 unspecified atom stereocenters. The number of hydrogen-bond donors (Lipinski definition) is 2.